The van der Waals surface area contributed by atoms with Crippen molar-refractivity contribution in [2.75, 3.05) is 20.2 Å². The molecule has 1 amide bonds. The number of nitrogens with zero attached hydrogens (tertiary/aromatic N) is 1. The number of carbonyl (C=O) groups is 1. The Bertz CT molecular complexity index is 515. The largest absolute Gasteiger partial charge is 0.497 e. The van der Waals surface area contributed by atoms with Gasteiger partial charge in [-0.25, -0.2) is 0 Å². The van der Waals surface area contributed by atoms with Gasteiger partial charge in [-0.15, -0.1) is 0 Å². The first-order chi connectivity index (χ1) is 9.92. The lowest BCUT2D eigenvalue weighted by Gasteiger charge is -2.19. The maximum Gasteiger partial charge on any atom is 0.254 e. The van der Waals surface area contributed by atoms with Crippen LogP contribution in [0, 0.1) is 6.92 Å². The van der Waals surface area contributed by atoms with Crippen molar-refractivity contribution in [3.8, 4) is 5.75 Å². The van der Waals surface area contributed by atoms with Crippen molar-refractivity contribution < 1.29 is 19.4 Å². The highest BCUT2D eigenvalue weighted by molar-refractivity contribution is 5.96. The van der Waals surface area contributed by atoms with Crippen LogP contribution in [0.2, 0.25) is 0 Å². The van der Waals surface area contributed by atoms with Gasteiger partial charge in [0.25, 0.3) is 5.91 Å². The number of likely N-dealkylation sites (tertiary alicyclic amines) is 1. The Morgan fingerprint density at radius 3 is 2.67 bits per heavy atom. The van der Waals surface area contributed by atoms with Crippen LogP contribution in [0.1, 0.15) is 29.8 Å². The molecule has 21 heavy (non-hydrogen) atoms. The number of hydrogen-bond acceptors (Lipinski definition) is 4. The molecule has 1 saturated heterocycles. The number of hydrogen-bond donors (Lipinski definition) is 1. The van der Waals surface area contributed by atoms with Gasteiger partial charge in [-0.3, -0.25) is 4.79 Å². The van der Waals surface area contributed by atoms with Crippen LogP contribution in [-0.4, -0.2) is 54.4 Å². The van der Waals surface area contributed by atoms with Crippen molar-refractivity contribution in [2.24, 2.45) is 0 Å². The second-order valence-corrected chi connectivity index (χ2v) is 5.68. The zero-order chi connectivity index (χ0) is 15.6. The topological polar surface area (TPSA) is 59.0 Å². The van der Waals surface area contributed by atoms with E-state index >= 15 is 0 Å². The van der Waals surface area contributed by atoms with Gasteiger partial charge in [0.05, 0.1) is 19.3 Å². The van der Waals surface area contributed by atoms with E-state index < -0.39 is 6.10 Å². The van der Waals surface area contributed by atoms with Gasteiger partial charge in [0.15, 0.2) is 0 Å². The second kappa shape index (κ2) is 6.45. The zero-order valence-corrected chi connectivity index (χ0v) is 13.0. The molecule has 0 bridgehead atoms. The molecule has 1 fully saturated rings. The molecule has 0 aromatic heterocycles. The van der Waals surface area contributed by atoms with Crippen molar-refractivity contribution in [1.29, 1.82) is 0 Å². The molecule has 0 saturated carbocycles. The van der Waals surface area contributed by atoms with E-state index in [1.807, 2.05) is 26.8 Å². The molecular weight excluding hydrogens is 270 g/mol. The number of ether oxygens (including phenoxy) is 2. The fourth-order valence-corrected chi connectivity index (χ4v) is 2.58. The molecule has 1 N–H and O–H groups in total. The Morgan fingerprint density at radius 2 is 2.10 bits per heavy atom. The maximum absolute atomic E-state index is 12.6. The SMILES string of the molecule is COc1ccc(C(=O)N2C[C@H](OC(C)C)[C@@H](O)C2)c(C)c1. The van der Waals surface area contributed by atoms with Gasteiger partial charge in [0.1, 0.15) is 11.9 Å². The highest BCUT2D eigenvalue weighted by Crippen LogP contribution is 2.22. The van der Waals surface area contributed by atoms with Gasteiger partial charge in [-0.05, 0) is 44.5 Å². The minimum Gasteiger partial charge on any atom is -0.497 e. The van der Waals surface area contributed by atoms with Crippen molar-refractivity contribution in [3.63, 3.8) is 0 Å². The molecule has 1 aromatic rings. The molecule has 1 aromatic carbocycles. The van der Waals surface area contributed by atoms with Crippen molar-refractivity contribution in [2.45, 2.75) is 39.1 Å². The highest BCUT2D eigenvalue weighted by atomic mass is 16.5. The lowest BCUT2D eigenvalue weighted by atomic mass is 10.1. The summed E-state index contributed by atoms with van der Waals surface area (Å²) >= 11 is 0. The Morgan fingerprint density at radius 1 is 1.38 bits per heavy atom. The summed E-state index contributed by atoms with van der Waals surface area (Å²) < 4.78 is 10.8. The first-order valence-corrected chi connectivity index (χ1v) is 7.19. The fraction of sp³-hybridized carbons (Fsp3) is 0.562. The number of aliphatic hydroxyl groups is 1. The fourth-order valence-electron chi connectivity index (χ4n) is 2.58. The number of benzene rings is 1. The summed E-state index contributed by atoms with van der Waals surface area (Å²) in [4.78, 5) is 14.2. The Kier molecular flexibility index (Phi) is 4.85. The molecule has 2 rings (SSSR count). The van der Waals surface area contributed by atoms with E-state index in [-0.39, 0.29) is 18.1 Å². The van der Waals surface area contributed by atoms with E-state index in [0.717, 1.165) is 11.3 Å². The van der Waals surface area contributed by atoms with E-state index in [9.17, 15) is 9.90 Å². The molecule has 0 spiro atoms. The predicted molar refractivity (Wildman–Crippen MR) is 79.7 cm³/mol. The first-order valence-electron chi connectivity index (χ1n) is 7.19. The molecule has 1 aliphatic heterocycles. The van der Waals surface area contributed by atoms with Gasteiger partial charge >= 0.3 is 0 Å². The van der Waals surface area contributed by atoms with E-state index in [2.05, 4.69) is 0 Å². The van der Waals surface area contributed by atoms with Crippen LogP contribution >= 0.6 is 0 Å². The van der Waals surface area contributed by atoms with Gasteiger partial charge in [-0.1, -0.05) is 0 Å². The van der Waals surface area contributed by atoms with Crippen LogP contribution in [0.25, 0.3) is 0 Å². The van der Waals surface area contributed by atoms with Crippen molar-refractivity contribution >= 4 is 5.91 Å². The van der Waals surface area contributed by atoms with Crippen LogP contribution in [-0.2, 0) is 4.74 Å². The minimum absolute atomic E-state index is 0.0300. The summed E-state index contributed by atoms with van der Waals surface area (Å²) in [6, 6.07) is 5.37. The van der Waals surface area contributed by atoms with Crippen molar-refractivity contribution in [1.82, 2.24) is 4.90 Å². The second-order valence-electron chi connectivity index (χ2n) is 5.68. The van der Waals surface area contributed by atoms with Crippen molar-refractivity contribution in [3.05, 3.63) is 29.3 Å². The normalized spacial score (nSPS) is 21.9. The summed E-state index contributed by atoms with van der Waals surface area (Å²) in [6.45, 7) is 6.45. The van der Waals surface area contributed by atoms with Crippen LogP contribution in [0.4, 0.5) is 0 Å². The summed E-state index contributed by atoms with van der Waals surface area (Å²) in [6.07, 6.45) is -0.912. The standard InChI is InChI=1S/C16H23NO4/c1-10(2)21-15-9-17(8-14(15)18)16(19)13-6-5-12(20-4)7-11(13)3/h5-7,10,14-15,18H,8-9H2,1-4H3/t14-,15-/m0/s1. The van der Waals surface area contributed by atoms with Crippen LogP contribution < -0.4 is 4.74 Å². The average Bonchev–Trinajstić information content (AvgIpc) is 2.78. The summed E-state index contributed by atoms with van der Waals surface area (Å²) in [5, 5.41) is 10.0. The molecule has 0 unspecified atom stereocenters. The molecule has 5 heteroatoms. The number of methoxy groups -OCH3 is 1. The molecule has 1 aliphatic rings. The van der Waals surface area contributed by atoms with Crippen LogP contribution in [0.3, 0.4) is 0 Å². The predicted octanol–water partition coefficient (Wildman–Crippen LogP) is 1.61. The lowest BCUT2D eigenvalue weighted by molar-refractivity contribution is -0.0394. The summed E-state index contributed by atoms with van der Waals surface area (Å²) in [7, 11) is 1.60. The number of aryl methyl sites for hydroxylation is 1. The van der Waals surface area contributed by atoms with Gasteiger partial charge in [0, 0.05) is 18.7 Å². The molecule has 0 aliphatic carbocycles. The quantitative estimate of drug-likeness (QED) is 0.916. The molecule has 0 radical (unpaired) electrons. The molecule has 2 atom stereocenters. The van der Waals surface area contributed by atoms with E-state index in [0.29, 0.717) is 18.7 Å². The Hall–Kier alpha value is -1.59. The third-order valence-electron chi connectivity index (χ3n) is 3.64. The number of amides is 1. The van der Waals surface area contributed by atoms with E-state index in [1.54, 1.807) is 24.1 Å². The number of carbonyl (C=O) groups excluding carboxylic acids is 1. The maximum atomic E-state index is 12.6. The first kappa shape index (κ1) is 15.8. The number of β-amino-alcohol motifs (C(OH)–C–C–N with tert-alkyl or cyclic N) is 1. The molecule has 1 heterocycles. The third kappa shape index (κ3) is 3.54. The van der Waals surface area contributed by atoms with E-state index in [4.69, 9.17) is 9.47 Å². The smallest absolute Gasteiger partial charge is 0.254 e. The molecule has 116 valence electrons. The summed E-state index contributed by atoms with van der Waals surface area (Å²) in [5.41, 5.74) is 1.50. The Balaban J connectivity index is 2.11. The average molecular weight is 293 g/mol. The molecule has 5 nitrogen and oxygen atoms in total. The number of rotatable bonds is 4. The molecular formula is C16H23NO4. The monoisotopic (exact) mass is 293 g/mol. The Labute approximate surface area is 125 Å². The lowest BCUT2D eigenvalue weighted by Crippen LogP contribution is -2.31. The van der Waals surface area contributed by atoms with Crippen LogP contribution in [0.15, 0.2) is 18.2 Å². The van der Waals surface area contributed by atoms with E-state index in [1.165, 1.54) is 0 Å². The van der Waals surface area contributed by atoms with Gasteiger partial charge in [-0.2, -0.15) is 0 Å². The van der Waals surface area contributed by atoms with Crippen LogP contribution in [0.5, 0.6) is 5.75 Å². The zero-order valence-electron chi connectivity index (χ0n) is 13.0. The van der Waals surface area contributed by atoms with Gasteiger partial charge < -0.3 is 19.5 Å². The third-order valence-corrected chi connectivity index (χ3v) is 3.64. The van der Waals surface area contributed by atoms with Gasteiger partial charge in [0.2, 0.25) is 0 Å². The summed E-state index contributed by atoms with van der Waals surface area (Å²) in [5.74, 6) is 0.649. The number of aliphatic hydroxyl groups excluding tert-OH is 1. The minimum atomic E-state index is -0.630. The highest BCUT2D eigenvalue weighted by Gasteiger charge is 2.35.